The summed E-state index contributed by atoms with van der Waals surface area (Å²) in [5, 5.41) is 6.78. The molecule has 3 aromatic carbocycles. The zero-order chi connectivity index (χ0) is 22.7. The molecule has 7 nitrogen and oxygen atoms in total. The molecule has 0 unspecified atom stereocenters. The molecule has 0 saturated heterocycles. The van der Waals surface area contributed by atoms with E-state index in [1.807, 2.05) is 43.3 Å². The minimum absolute atomic E-state index is 0.176. The van der Waals surface area contributed by atoms with Gasteiger partial charge in [0, 0.05) is 29.4 Å². The number of amides is 1. The van der Waals surface area contributed by atoms with Crippen LogP contribution in [0.15, 0.2) is 78.0 Å². The Labute approximate surface area is 186 Å². The van der Waals surface area contributed by atoms with Crippen molar-refractivity contribution in [2.75, 3.05) is 16.9 Å². The predicted octanol–water partition coefficient (Wildman–Crippen LogP) is 4.21. The quantitative estimate of drug-likeness (QED) is 0.460. The highest BCUT2D eigenvalue weighted by atomic mass is 32.2. The number of anilines is 2. The maximum absolute atomic E-state index is 12.5. The van der Waals surface area contributed by atoms with E-state index in [9.17, 15) is 13.2 Å². The molecule has 1 aromatic heterocycles. The van der Waals surface area contributed by atoms with Crippen molar-refractivity contribution in [3.63, 3.8) is 0 Å². The topological polar surface area (TPSA) is 101 Å². The van der Waals surface area contributed by atoms with Crippen LogP contribution in [0, 0.1) is 6.92 Å². The number of fused-ring (bicyclic) bond motifs is 1. The van der Waals surface area contributed by atoms with Crippen LogP contribution in [0.3, 0.4) is 0 Å². The molecule has 0 aliphatic heterocycles. The van der Waals surface area contributed by atoms with Gasteiger partial charge in [-0.3, -0.25) is 4.79 Å². The summed E-state index contributed by atoms with van der Waals surface area (Å²) < 4.78 is 23.8. The van der Waals surface area contributed by atoms with E-state index in [1.54, 1.807) is 24.3 Å². The second-order valence-electron chi connectivity index (χ2n) is 7.55. The Kier molecular flexibility index (Phi) is 5.87. The molecule has 0 aliphatic carbocycles. The van der Waals surface area contributed by atoms with Gasteiger partial charge in [-0.15, -0.1) is 0 Å². The van der Waals surface area contributed by atoms with Gasteiger partial charge in [0.1, 0.15) is 12.1 Å². The predicted molar refractivity (Wildman–Crippen MR) is 126 cm³/mol. The average Bonchev–Trinajstić information content (AvgIpc) is 2.77. The summed E-state index contributed by atoms with van der Waals surface area (Å²) in [5.74, 6) is 0.361. The van der Waals surface area contributed by atoms with E-state index in [0.29, 0.717) is 34.5 Å². The van der Waals surface area contributed by atoms with Gasteiger partial charge in [-0.25, -0.2) is 18.4 Å². The highest BCUT2D eigenvalue weighted by Crippen LogP contribution is 2.24. The Bertz CT molecular complexity index is 1400. The molecule has 162 valence electrons. The van der Waals surface area contributed by atoms with Gasteiger partial charge in [-0.05, 0) is 55.0 Å². The monoisotopic (exact) mass is 446 g/mol. The lowest BCUT2D eigenvalue weighted by Gasteiger charge is -2.11. The number of aromatic nitrogens is 2. The summed E-state index contributed by atoms with van der Waals surface area (Å²) in [7, 11) is -3.34. The number of carbonyl (C=O) groups excluding carboxylic acids is 1. The number of hydrogen-bond acceptors (Lipinski definition) is 6. The SMILES string of the molecule is Cc1ccc(C(=O)Nc2cccc(CNc3ncnc4ccc(S(C)(=O)=O)cc34)c2)cc1. The first kappa shape index (κ1) is 21.5. The minimum atomic E-state index is -3.34. The van der Waals surface area contributed by atoms with Gasteiger partial charge in [-0.2, -0.15) is 0 Å². The molecule has 0 atom stereocenters. The fourth-order valence-corrected chi connectivity index (χ4v) is 3.91. The first-order chi connectivity index (χ1) is 15.3. The molecule has 0 saturated carbocycles. The third-order valence-corrected chi connectivity index (χ3v) is 6.10. The van der Waals surface area contributed by atoms with Crippen LogP contribution in [0.2, 0.25) is 0 Å². The zero-order valence-electron chi connectivity index (χ0n) is 17.7. The molecule has 32 heavy (non-hydrogen) atoms. The van der Waals surface area contributed by atoms with Crippen LogP contribution < -0.4 is 10.6 Å². The molecular weight excluding hydrogens is 424 g/mol. The van der Waals surface area contributed by atoms with E-state index < -0.39 is 9.84 Å². The summed E-state index contributed by atoms with van der Waals surface area (Å²) in [5.41, 5.74) is 3.94. The fraction of sp³-hybridized carbons (Fsp3) is 0.125. The van der Waals surface area contributed by atoms with Gasteiger partial charge in [0.05, 0.1) is 10.4 Å². The van der Waals surface area contributed by atoms with Gasteiger partial charge in [0.15, 0.2) is 9.84 Å². The Morgan fingerprint density at radius 1 is 0.969 bits per heavy atom. The molecule has 0 bridgehead atoms. The lowest BCUT2D eigenvalue weighted by atomic mass is 10.1. The highest BCUT2D eigenvalue weighted by molar-refractivity contribution is 7.90. The van der Waals surface area contributed by atoms with Crippen LogP contribution in [-0.2, 0) is 16.4 Å². The second kappa shape index (κ2) is 8.76. The van der Waals surface area contributed by atoms with Crippen molar-refractivity contribution in [1.82, 2.24) is 9.97 Å². The van der Waals surface area contributed by atoms with Crippen molar-refractivity contribution in [2.24, 2.45) is 0 Å². The maximum atomic E-state index is 12.5. The number of rotatable bonds is 6. The van der Waals surface area contributed by atoms with Crippen LogP contribution in [0.1, 0.15) is 21.5 Å². The van der Waals surface area contributed by atoms with Crippen LogP contribution >= 0.6 is 0 Å². The molecule has 4 aromatic rings. The number of nitrogens with zero attached hydrogens (tertiary/aromatic N) is 2. The Morgan fingerprint density at radius 3 is 2.50 bits per heavy atom. The number of carbonyl (C=O) groups is 1. The summed E-state index contributed by atoms with van der Waals surface area (Å²) in [4.78, 5) is 21.2. The van der Waals surface area contributed by atoms with Crippen molar-refractivity contribution in [3.05, 3.63) is 89.7 Å². The number of nitrogens with one attached hydrogen (secondary N) is 2. The smallest absolute Gasteiger partial charge is 0.255 e. The normalized spacial score (nSPS) is 11.3. The first-order valence-electron chi connectivity index (χ1n) is 9.95. The molecule has 2 N–H and O–H groups in total. The Balaban J connectivity index is 1.51. The Morgan fingerprint density at radius 2 is 1.75 bits per heavy atom. The third-order valence-electron chi connectivity index (χ3n) is 4.99. The molecule has 1 heterocycles. The average molecular weight is 447 g/mol. The van der Waals surface area contributed by atoms with Gasteiger partial charge in [-0.1, -0.05) is 29.8 Å². The molecule has 1 amide bonds. The van der Waals surface area contributed by atoms with E-state index in [4.69, 9.17) is 0 Å². The standard InChI is InChI=1S/C24H22N4O3S/c1-16-6-8-18(9-7-16)24(29)28-19-5-3-4-17(12-19)14-25-23-21-13-20(32(2,30)31)10-11-22(21)26-15-27-23/h3-13,15H,14H2,1-2H3,(H,28,29)(H,25,26,27). The molecule has 4 rings (SSSR count). The van der Waals surface area contributed by atoms with Crippen molar-refractivity contribution in [3.8, 4) is 0 Å². The van der Waals surface area contributed by atoms with Gasteiger partial charge < -0.3 is 10.6 Å². The molecule has 0 fully saturated rings. The van der Waals surface area contributed by atoms with E-state index in [-0.39, 0.29) is 10.8 Å². The van der Waals surface area contributed by atoms with Crippen molar-refractivity contribution in [2.45, 2.75) is 18.4 Å². The minimum Gasteiger partial charge on any atom is -0.365 e. The van der Waals surface area contributed by atoms with Crippen LogP contribution in [-0.4, -0.2) is 30.5 Å². The molecule has 0 spiro atoms. The third kappa shape index (κ3) is 4.92. The fourth-order valence-electron chi connectivity index (χ4n) is 3.26. The van der Waals surface area contributed by atoms with Crippen molar-refractivity contribution < 1.29 is 13.2 Å². The van der Waals surface area contributed by atoms with Gasteiger partial charge in [0.2, 0.25) is 0 Å². The van der Waals surface area contributed by atoms with E-state index in [2.05, 4.69) is 20.6 Å². The number of aryl methyl sites for hydroxylation is 1. The summed E-state index contributed by atoms with van der Waals surface area (Å²) >= 11 is 0. The zero-order valence-corrected chi connectivity index (χ0v) is 18.5. The summed E-state index contributed by atoms with van der Waals surface area (Å²) in [6.45, 7) is 2.41. The molecule has 0 aliphatic rings. The summed E-state index contributed by atoms with van der Waals surface area (Å²) in [6, 6.07) is 19.7. The first-order valence-corrected chi connectivity index (χ1v) is 11.8. The maximum Gasteiger partial charge on any atom is 0.255 e. The molecule has 8 heteroatoms. The van der Waals surface area contributed by atoms with Crippen molar-refractivity contribution >= 4 is 38.2 Å². The van der Waals surface area contributed by atoms with E-state index in [0.717, 1.165) is 11.1 Å². The lowest BCUT2D eigenvalue weighted by Crippen LogP contribution is -2.12. The van der Waals surface area contributed by atoms with Gasteiger partial charge >= 0.3 is 0 Å². The Hall–Kier alpha value is -3.78. The number of hydrogen-bond donors (Lipinski definition) is 2. The lowest BCUT2D eigenvalue weighted by molar-refractivity contribution is 0.102. The van der Waals surface area contributed by atoms with Crippen molar-refractivity contribution in [1.29, 1.82) is 0 Å². The second-order valence-corrected chi connectivity index (χ2v) is 9.56. The van der Waals surface area contributed by atoms with E-state index in [1.165, 1.54) is 18.6 Å². The number of benzene rings is 3. The van der Waals surface area contributed by atoms with Gasteiger partial charge in [0.25, 0.3) is 5.91 Å². The van der Waals surface area contributed by atoms with Crippen LogP contribution in [0.25, 0.3) is 10.9 Å². The molecular formula is C24H22N4O3S. The van der Waals surface area contributed by atoms with Crippen LogP contribution in [0.4, 0.5) is 11.5 Å². The summed E-state index contributed by atoms with van der Waals surface area (Å²) in [6.07, 6.45) is 2.60. The highest BCUT2D eigenvalue weighted by Gasteiger charge is 2.11. The van der Waals surface area contributed by atoms with E-state index >= 15 is 0 Å². The molecule has 0 radical (unpaired) electrons. The van der Waals surface area contributed by atoms with Crippen LogP contribution in [0.5, 0.6) is 0 Å². The number of sulfone groups is 1. The largest absolute Gasteiger partial charge is 0.365 e.